The van der Waals surface area contributed by atoms with Crippen molar-refractivity contribution >= 4 is 5.78 Å². The predicted octanol–water partition coefficient (Wildman–Crippen LogP) is 1.94. The quantitative estimate of drug-likeness (QED) is 0.754. The fraction of sp³-hybridized carbons (Fsp3) is 0.286. The number of aromatic nitrogens is 2. The first-order valence-corrected chi connectivity index (χ1v) is 6.05. The minimum atomic E-state index is -0.00508. The van der Waals surface area contributed by atoms with Crippen molar-refractivity contribution in [3.8, 4) is 0 Å². The molecule has 0 amide bonds. The summed E-state index contributed by atoms with van der Waals surface area (Å²) >= 11 is 0. The molecule has 0 aliphatic rings. The normalized spacial score (nSPS) is 10.5. The number of pyridine rings is 1. The zero-order valence-corrected chi connectivity index (χ0v) is 10.4. The zero-order valence-electron chi connectivity index (χ0n) is 10.4. The SMILES string of the molecule is CCC(=O)c1ccn(CCn2ccccc2=O)c1. The Morgan fingerprint density at radius 2 is 2.00 bits per heavy atom. The Bertz CT molecular complexity index is 596. The highest BCUT2D eigenvalue weighted by Gasteiger charge is 2.04. The van der Waals surface area contributed by atoms with E-state index in [9.17, 15) is 9.59 Å². The van der Waals surface area contributed by atoms with Gasteiger partial charge in [-0.25, -0.2) is 0 Å². The fourth-order valence-electron chi connectivity index (χ4n) is 1.82. The van der Waals surface area contributed by atoms with Crippen molar-refractivity contribution in [3.63, 3.8) is 0 Å². The van der Waals surface area contributed by atoms with Gasteiger partial charge in [0.25, 0.3) is 5.56 Å². The molecule has 2 aromatic heterocycles. The number of carbonyl (C=O) groups excluding carboxylic acids is 1. The van der Waals surface area contributed by atoms with Crippen LogP contribution in [0.25, 0.3) is 0 Å². The highest BCUT2D eigenvalue weighted by molar-refractivity contribution is 5.95. The van der Waals surface area contributed by atoms with Crippen LogP contribution < -0.4 is 5.56 Å². The predicted molar refractivity (Wildman–Crippen MR) is 69.8 cm³/mol. The van der Waals surface area contributed by atoms with E-state index in [2.05, 4.69) is 0 Å². The number of ketones is 1. The molecule has 94 valence electrons. The lowest BCUT2D eigenvalue weighted by Gasteiger charge is -2.05. The van der Waals surface area contributed by atoms with Gasteiger partial charge in [-0.3, -0.25) is 9.59 Å². The van der Waals surface area contributed by atoms with Crippen LogP contribution >= 0.6 is 0 Å². The van der Waals surface area contributed by atoms with E-state index in [1.54, 1.807) is 22.9 Å². The first kappa shape index (κ1) is 12.4. The molecule has 0 saturated carbocycles. The summed E-state index contributed by atoms with van der Waals surface area (Å²) in [5, 5.41) is 0. The van der Waals surface area contributed by atoms with E-state index in [1.807, 2.05) is 36.0 Å². The van der Waals surface area contributed by atoms with Crippen molar-refractivity contribution < 1.29 is 4.79 Å². The molecule has 0 bridgehead atoms. The van der Waals surface area contributed by atoms with Crippen LogP contribution in [0.1, 0.15) is 23.7 Å². The average Bonchev–Trinajstić information content (AvgIpc) is 2.86. The minimum Gasteiger partial charge on any atom is -0.352 e. The van der Waals surface area contributed by atoms with E-state index in [-0.39, 0.29) is 11.3 Å². The summed E-state index contributed by atoms with van der Waals surface area (Å²) in [6.07, 6.45) is 5.99. The number of aryl methyl sites for hydroxylation is 2. The van der Waals surface area contributed by atoms with Crippen molar-refractivity contribution in [1.29, 1.82) is 0 Å². The van der Waals surface area contributed by atoms with E-state index in [1.165, 1.54) is 0 Å². The Hall–Kier alpha value is -2.10. The number of nitrogens with zero attached hydrogens (tertiary/aromatic N) is 2. The molecule has 0 fully saturated rings. The van der Waals surface area contributed by atoms with Gasteiger partial charge < -0.3 is 9.13 Å². The van der Waals surface area contributed by atoms with Gasteiger partial charge in [-0.2, -0.15) is 0 Å². The van der Waals surface area contributed by atoms with Crippen LogP contribution in [0.4, 0.5) is 0 Å². The summed E-state index contributed by atoms with van der Waals surface area (Å²) in [5.74, 6) is 0.144. The molecule has 0 aromatic carbocycles. The Balaban J connectivity index is 2.03. The van der Waals surface area contributed by atoms with Gasteiger partial charge in [-0.05, 0) is 12.1 Å². The highest BCUT2D eigenvalue weighted by atomic mass is 16.1. The van der Waals surface area contributed by atoms with Gasteiger partial charge in [-0.1, -0.05) is 13.0 Å². The number of rotatable bonds is 5. The second-order valence-corrected chi connectivity index (χ2v) is 4.15. The first-order chi connectivity index (χ1) is 8.70. The largest absolute Gasteiger partial charge is 0.352 e. The summed E-state index contributed by atoms with van der Waals surface area (Å²) < 4.78 is 3.59. The molecule has 0 N–H and O–H groups in total. The third kappa shape index (κ3) is 2.77. The van der Waals surface area contributed by atoms with Gasteiger partial charge in [0.1, 0.15) is 0 Å². The summed E-state index contributed by atoms with van der Waals surface area (Å²) in [4.78, 5) is 23.0. The number of carbonyl (C=O) groups is 1. The molecule has 0 spiro atoms. The summed E-state index contributed by atoms with van der Waals surface area (Å²) in [6.45, 7) is 3.14. The van der Waals surface area contributed by atoms with E-state index >= 15 is 0 Å². The second kappa shape index (κ2) is 5.49. The number of hydrogen-bond acceptors (Lipinski definition) is 2. The molecule has 0 radical (unpaired) electrons. The molecule has 2 rings (SSSR count). The van der Waals surface area contributed by atoms with E-state index in [0.717, 1.165) is 5.56 Å². The maximum Gasteiger partial charge on any atom is 0.250 e. The first-order valence-electron chi connectivity index (χ1n) is 6.05. The zero-order chi connectivity index (χ0) is 13.0. The summed E-state index contributed by atoms with van der Waals surface area (Å²) in [6, 6.07) is 6.93. The van der Waals surface area contributed by atoms with Crippen molar-refractivity contribution in [2.45, 2.75) is 26.4 Å². The van der Waals surface area contributed by atoms with E-state index in [0.29, 0.717) is 19.5 Å². The average molecular weight is 244 g/mol. The van der Waals surface area contributed by atoms with Crippen molar-refractivity contribution in [1.82, 2.24) is 9.13 Å². The topological polar surface area (TPSA) is 44.0 Å². The Morgan fingerprint density at radius 1 is 1.17 bits per heavy atom. The molecule has 0 unspecified atom stereocenters. The van der Waals surface area contributed by atoms with Gasteiger partial charge >= 0.3 is 0 Å². The number of hydrogen-bond donors (Lipinski definition) is 0. The Labute approximate surface area is 105 Å². The van der Waals surface area contributed by atoms with Crippen LogP contribution in [-0.4, -0.2) is 14.9 Å². The van der Waals surface area contributed by atoms with E-state index < -0.39 is 0 Å². The summed E-state index contributed by atoms with van der Waals surface area (Å²) in [7, 11) is 0. The molecule has 2 heterocycles. The Morgan fingerprint density at radius 3 is 2.72 bits per heavy atom. The van der Waals surface area contributed by atoms with Gasteiger partial charge in [0.05, 0.1) is 0 Å². The molecule has 0 saturated heterocycles. The smallest absolute Gasteiger partial charge is 0.250 e. The lowest BCUT2D eigenvalue weighted by atomic mass is 10.2. The van der Waals surface area contributed by atoms with Crippen LogP contribution in [0, 0.1) is 0 Å². The van der Waals surface area contributed by atoms with Crippen molar-refractivity contribution in [2.24, 2.45) is 0 Å². The number of Topliss-reactive ketones (excluding diaryl/α,β-unsaturated/α-hetero) is 1. The van der Waals surface area contributed by atoms with Gasteiger partial charge in [0, 0.05) is 49.7 Å². The van der Waals surface area contributed by atoms with Crippen LogP contribution in [0.5, 0.6) is 0 Å². The molecule has 18 heavy (non-hydrogen) atoms. The van der Waals surface area contributed by atoms with Crippen LogP contribution in [0.3, 0.4) is 0 Å². The molecular weight excluding hydrogens is 228 g/mol. The highest BCUT2D eigenvalue weighted by Crippen LogP contribution is 2.04. The molecule has 4 nitrogen and oxygen atoms in total. The molecule has 0 aliphatic carbocycles. The van der Waals surface area contributed by atoms with Crippen molar-refractivity contribution in [2.75, 3.05) is 0 Å². The van der Waals surface area contributed by atoms with Crippen molar-refractivity contribution in [3.05, 3.63) is 58.8 Å². The molecule has 4 heteroatoms. The van der Waals surface area contributed by atoms with Crippen LogP contribution in [0.2, 0.25) is 0 Å². The van der Waals surface area contributed by atoms with Crippen LogP contribution in [0.15, 0.2) is 47.7 Å². The fourth-order valence-corrected chi connectivity index (χ4v) is 1.82. The molecule has 0 aliphatic heterocycles. The van der Waals surface area contributed by atoms with Gasteiger partial charge in [0.2, 0.25) is 0 Å². The van der Waals surface area contributed by atoms with E-state index in [4.69, 9.17) is 0 Å². The summed E-state index contributed by atoms with van der Waals surface area (Å²) in [5.41, 5.74) is 0.729. The Kier molecular flexibility index (Phi) is 3.77. The third-order valence-corrected chi connectivity index (χ3v) is 2.89. The maximum absolute atomic E-state index is 11.5. The monoisotopic (exact) mass is 244 g/mol. The third-order valence-electron chi connectivity index (χ3n) is 2.89. The van der Waals surface area contributed by atoms with Crippen LogP contribution in [-0.2, 0) is 13.1 Å². The lowest BCUT2D eigenvalue weighted by Crippen LogP contribution is -2.20. The molecular formula is C14H16N2O2. The standard InChI is InChI=1S/C14H16N2O2/c1-2-13(17)12-6-8-15(11-12)9-10-16-7-4-3-5-14(16)18/h3-8,11H,2,9-10H2,1H3. The van der Waals surface area contributed by atoms with Gasteiger partial charge in [0.15, 0.2) is 5.78 Å². The lowest BCUT2D eigenvalue weighted by molar-refractivity contribution is 0.0988. The second-order valence-electron chi connectivity index (χ2n) is 4.15. The molecule has 2 aromatic rings. The van der Waals surface area contributed by atoms with Gasteiger partial charge in [-0.15, -0.1) is 0 Å². The molecule has 0 atom stereocenters. The minimum absolute atomic E-state index is 0.00508. The maximum atomic E-state index is 11.5.